The first-order valence-electron chi connectivity index (χ1n) is 14.2. The molecule has 7 atom stereocenters. The number of aliphatic hydroxyl groups excluding tert-OH is 1. The quantitative estimate of drug-likeness (QED) is 0.404. The molecular weight excluding hydrogens is 480 g/mol. The number of nitrogens with zero attached hydrogens (tertiary/aromatic N) is 1. The van der Waals surface area contributed by atoms with Gasteiger partial charge in [-0.25, -0.2) is 4.79 Å². The van der Waals surface area contributed by atoms with Gasteiger partial charge in [-0.2, -0.15) is 0 Å². The van der Waals surface area contributed by atoms with Crippen molar-refractivity contribution in [3.63, 3.8) is 0 Å². The largest absolute Gasteiger partial charge is 0.467 e. The average molecular weight is 523 g/mol. The van der Waals surface area contributed by atoms with Crippen LogP contribution in [0.3, 0.4) is 0 Å². The Morgan fingerprint density at radius 3 is 2.63 bits per heavy atom. The number of benzene rings is 1. The maximum absolute atomic E-state index is 12.5. The Balaban J connectivity index is 1.18. The number of amides is 1. The summed E-state index contributed by atoms with van der Waals surface area (Å²) in [6, 6.07) is 8.73. The van der Waals surface area contributed by atoms with E-state index in [0.29, 0.717) is 24.2 Å². The summed E-state index contributed by atoms with van der Waals surface area (Å²) in [4.78, 5) is 30.2. The third kappa shape index (κ3) is 5.02. The number of esters is 1. The van der Waals surface area contributed by atoms with E-state index < -0.39 is 17.9 Å². The zero-order valence-corrected chi connectivity index (χ0v) is 22.9. The van der Waals surface area contributed by atoms with Gasteiger partial charge in [-0.1, -0.05) is 54.9 Å². The summed E-state index contributed by atoms with van der Waals surface area (Å²) in [7, 11) is 1.32. The maximum atomic E-state index is 12.5. The Morgan fingerprint density at radius 1 is 1.08 bits per heavy atom. The molecule has 2 N–H and O–H groups in total. The molecule has 7 heteroatoms. The van der Waals surface area contributed by atoms with Gasteiger partial charge in [0, 0.05) is 6.42 Å². The van der Waals surface area contributed by atoms with Crippen LogP contribution in [0.1, 0.15) is 70.8 Å². The fraction of sp³-hybridized carbons (Fsp3) is 0.645. The van der Waals surface area contributed by atoms with Gasteiger partial charge in [0.25, 0.3) is 5.91 Å². The number of allylic oxidation sites excluding steroid dienone is 2. The van der Waals surface area contributed by atoms with Crippen molar-refractivity contribution in [2.75, 3.05) is 13.7 Å². The number of rotatable bonds is 7. The molecule has 5 rings (SSSR count). The van der Waals surface area contributed by atoms with Gasteiger partial charge in [-0.15, -0.1) is 0 Å². The molecule has 0 heterocycles. The van der Waals surface area contributed by atoms with E-state index in [0.717, 1.165) is 43.4 Å². The van der Waals surface area contributed by atoms with Crippen molar-refractivity contribution in [1.82, 2.24) is 5.32 Å². The van der Waals surface area contributed by atoms with E-state index in [1.165, 1.54) is 31.9 Å². The highest BCUT2D eigenvalue weighted by Gasteiger charge is 2.58. The van der Waals surface area contributed by atoms with Crippen LogP contribution < -0.4 is 5.32 Å². The molecule has 1 aromatic rings. The zero-order chi connectivity index (χ0) is 26.9. The second-order valence-electron chi connectivity index (χ2n) is 12.3. The molecule has 0 aromatic heterocycles. The van der Waals surface area contributed by atoms with E-state index in [1.54, 1.807) is 0 Å². The molecular formula is C31H42N2O5. The summed E-state index contributed by atoms with van der Waals surface area (Å²) in [5.74, 6) is 1.11. The summed E-state index contributed by atoms with van der Waals surface area (Å²) in [6.07, 6.45) is 11.0. The lowest BCUT2D eigenvalue weighted by atomic mass is 9.47. The lowest BCUT2D eigenvalue weighted by molar-refractivity contribution is -0.145. The molecule has 1 amide bonds. The van der Waals surface area contributed by atoms with Gasteiger partial charge in [0.1, 0.15) is 6.04 Å². The van der Waals surface area contributed by atoms with E-state index in [1.807, 2.05) is 30.3 Å². The van der Waals surface area contributed by atoms with Crippen LogP contribution in [0, 0.1) is 28.6 Å². The fourth-order valence-electron chi connectivity index (χ4n) is 8.21. The van der Waals surface area contributed by atoms with Crippen LogP contribution in [0.4, 0.5) is 0 Å². The Morgan fingerprint density at radius 2 is 1.87 bits per heavy atom. The van der Waals surface area contributed by atoms with Crippen LogP contribution in [0.15, 0.2) is 47.1 Å². The minimum atomic E-state index is -0.780. The minimum Gasteiger partial charge on any atom is -0.467 e. The molecule has 4 aliphatic rings. The van der Waals surface area contributed by atoms with Crippen molar-refractivity contribution < 1.29 is 24.3 Å². The van der Waals surface area contributed by atoms with Crippen molar-refractivity contribution >= 4 is 17.6 Å². The van der Waals surface area contributed by atoms with Crippen molar-refractivity contribution in [3.8, 4) is 0 Å². The van der Waals surface area contributed by atoms with Crippen LogP contribution in [-0.4, -0.2) is 48.6 Å². The number of aliphatic hydroxyl groups is 1. The lowest BCUT2D eigenvalue weighted by Gasteiger charge is -2.57. The molecule has 7 unspecified atom stereocenters. The number of ether oxygens (including phenoxy) is 1. The highest BCUT2D eigenvalue weighted by atomic mass is 16.6. The van der Waals surface area contributed by atoms with Gasteiger partial charge in [0.05, 0.1) is 18.9 Å². The number of nitrogens with one attached hydrogen (secondary N) is 1. The van der Waals surface area contributed by atoms with Gasteiger partial charge in [-0.05, 0) is 91.6 Å². The normalized spacial score (nSPS) is 35.8. The second kappa shape index (κ2) is 10.8. The maximum Gasteiger partial charge on any atom is 0.328 e. The standard InChI is InChI=1S/C31H42N2O5/c1-30-15-13-22(18-21(30)9-10-23-24-11-12-27(34)31(24,2)16-14-25(23)30)33-38-19-28(35)32-26(29(36)37-3)17-20-7-5-4-6-8-20/h4-8,18,23-27,34H,9-17,19H2,1-3H3,(H,32,35). The Hall–Kier alpha value is -2.67. The Labute approximate surface area is 226 Å². The molecule has 0 aliphatic heterocycles. The van der Waals surface area contributed by atoms with Gasteiger partial charge in [-0.3, -0.25) is 4.79 Å². The number of fused-ring (bicyclic) bond motifs is 5. The van der Waals surface area contributed by atoms with Crippen LogP contribution in [0.25, 0.3) is 0 Å². The summed E-state index contributed by atoms with van der Waals surface area (Å²) in [5, 5.41) is 17.7. The van der Waals surface area contributed by atoms with Crippen molar-refractivity contribution in [1.29, 1.82) is 0 Å². The van der Waals surface area contributed by atoms with Gasteiger partial charge in [0.2, 0.25) is 0 Å². The minimum absolute atomic E-state index is 0.0996. The smallest absolute Gasteiger partial charge is 0.328 e. The van der Waals surface area contributed by atoms with Crippen molar-refractivity contribution in [2.24, 2.45) is 33.7 Å². The third-order valence-electron chi connectivity index (χ3n) is 10.4. The van der Waals surface area contributed by atoms with Crippen LogP contribution in [0.5, 0.6) is 0 Å². The first-order valence-corrected chi connectivity index (χ1v) is 14.2. The molecule has 0 spiro atoms. The van der Waals surface area contributed by atoms with Crippen LogP contribution in [0.2, 0.25) is 0 Å². The predicted octanol–water partition coefficient (Wildman–Crippen LogP) is 4.58. The van der Waals surface area contributed by atoms with E-state index in [2.05, 4.69) is 30.4 Å². The molecule has 3 fully saturated rings. The molecule has 3 saturated carbocycles. The Kier molecular flexibility index (Phi) is 7.67. The van der Waals surface area contributed by atoms with E-state index in [4.69, 9.17) is 9.57 Å². The molecule has 1 aromatic carbocycles. The second-order valence-corrected chi connectivity index (χ2v) is 12.3. The summed E-state index contributed by atoms with van der Waals surface area (Å²) < 4.78 is 4.87. The zero-order valence-electron chi connectivity index (χ0n) is 22.9. The topological polar surface area (TPSA) is 97.2 Å². The third-order valence-corrected chi connectivity index (χ3v) is 10.4. The van der Waals surface area contributed by atoms with E-state index >= 15 is 0 Å². The fourth-order valence-corrected chi connectivity index (χ4v) is 8.21. The first-order chi connectivity index (χ1) is 18.2. The van der Waals surface area contributed by atoms with Gasteiger partial charge >= 0.3 is 5.97 Å². The number of carbonyl (C=O) groups is 2. The number of carbonyl (C=O) groups excluding carboxylic acids is 2. The average Bonchev–Trinajstić information content (AvgIpc) is 3.22. The molecule has 7 nitrogen and oxygen atoms in total. The predicted molar refractivity (Wildman–Crippen MR) is 145 cm³/mol. The monoisotopic (exact) mass is 522 g/mol. The van der Waals surface area contributed by atoms with Crippen LogP contribution >= 0.6 is 0 Å². The molecule has 38 heavy (non-hydrogen) atoms. The van der Waals surface area contributed by atoms with E-state index in [9.17, 15) is 14.7 Å². The summed E-state index contributed by atoms with van der Waals surface area (Å²) in [6.45, 7) is 4.52. The molecule has 0 bridgehead atoms. The van der Waals surface area contributed by atoms with Crippen molar-refractivity contribution in [3.05, 3.63) is 47.5 Å². The van der Waals surface area contributed by atoms with E-state index in [-0.39, 0.29) is 23.5 Å². The number of oxime groups is 1. The lowest BCUT2D eigenvalue weighted by Crippen LogP contribution is -2.51. The van der Waals surface area contributed by atoms with Gasteiger partial charge < -0.3 is 20.0 Å². The summed E-state index contributed by atoms with van der Waals surface area (Å²) >= 11 is 0. The van der Waals surface area contributed by atoms with Crippen molar-refractivity contribution in [2.45, 2.75) is 83.8 Å². The molecule has 206 valence electrons. The molecule has 4 aliphatic carbocycles. The van der Waals surface area contributed by atoms with Crippen LogP contribution in [-0.2, 0) is 25.6 Å². The summed E-state index contributed by atoms with van der Waals surface area (Å²) in [5.41, 5.74) is 3.56. The first kappa shape index (κ1) is 26.9. The number of hydrogen-bond donors (Lipinski definition) is 2. The molecule has 0 radical (unpaired) electrons. The molecule has 0 saturated heterocycles. The highest BCUT2D eigenvalue weighted by molar-refractivity contribution is 5.96. The number of hydrogen-bond acceptors (Lipinski definition) is 6. The number of methoxy groups -OCH3 is 1. The van der Waals surface area contributed by atoms with Gasteiger partial charge in [0.15, 0.2) is 6.61 Å². The Bertz CT molecular complexity index is 1100. The SMILES string of the molecule is COC(=O)C(Cc1ccccc1)NC(=O)CON=C1C=C2CCC3C(CCC4(C)C(O)CCC34)C2(C)CC1. The highest BCUT2D eigenvalue weighted by Crippen LogP contribution is 2.65.